The zero-order valence-electron chi connectivity index (χ0n) is 13.2. The second kappa shape index (κ2) is 6.39. The van der Waals surface area contributed by atoms with Gasteiger partial charge in [-0.05, 0) is 36.4 Å². The molecule has 1 aliphatic rings. The van der Waals surface area contributed by atoms with Crippen LogP contribution in [0.25, 0.3) is 11.5 Å². The number of hydrogen-bond donors (Lipinski definition) is 1. The number of sulfonamides is 1. The standard InChI is InChI=1S/C16H12FN3O5S/c17-11-3-1-10(2-4-11)16-20-19-15(25-16)8-18-26(21,22)12-5-6-13-14(7-12)24-9-23-13/h1-7,18H,8-9H2. The summed E-state index contributed by atoms with van der Waals surface area (Å²) >= 11 is 0. The fourth-order valence-corrected chi connectivity index (χ4v) is 3.31. The fraction of sp³-hybridized carbons (Fsp3) is 0.125. The lowest BCUT2D eigenvalue weighted by Gasteiger charge is -2.05. The zero-order chi connectivity index (χ0) is 18.1. The van der Waals surface area contributed by atoms with Gasteiger partial charge in [0.1, 0.15) is 5.82 Å². The largest absolute Gasteiger partial charge is 0.454 e. The first kappa shape index (κ1) is 16.5. The van der Waals surface area contributed by atoms with Crippen molar-refractivity contribution in [1.29, 1.82) is 0 Å². The minimum absolute atomic E-state index is 0.0278. The summed E-state index contributed by atoms with van der Waals surface area (Å²) in [5, 5.41) is 7.61. The van der Waals surface area contributed by atoms with Crippen LogP contribution < -0.4 is 14.2 Å². The lowest BCUT2D eigenvalue weighted by atomic mass is 10.2. The minimum atomic E-state index is -3.80. The molecule has 26 heavy (non-hydrogen) atoms. The highest BCUT2D eigenvalue weighted by molar-refractivity contribution is 7.89. The van der Waals surface area contributed by atoms with Gasteiger partial charge < -0.3 is 13.9 Å². The molecule has 1 aliphatic heterocycles. The molecule has 1 aromatic heterocycles. The Kier molecular flexibility index (Phi) is 4.05. The van der Waals surface area contributed by atoms with Crippen LogP contribution in [0.2, 0.25) is 0 Å². The minimum Gasteiger partial charge on any atom is -0.454 e. The topological polar surface area (TPSA) is 104 Å². The molecule has 0 fully saturated rings. The molecule has 4 rings (SSSR count). The van der Waals surface area contributed by atoms with E-state index in [1.807, 2.05) is 0 Å². The van der Waals surface area contributed by atoms with Crippen LogP contribution in [-0.4, -0.2) is 25.4 Å². The third kappa shape index (κ3) is 3.24. The van der Waals surface area contributed by atoms with Gasteiger partial charge in [0, 0.05) is 11.6 Å². The lowest BCUT2D eigenvalue weighted by molar-refractivity contribution is 0.174. The van der Waals surface area contributed by atoms with E-state index in [1.54, 1.807) is 0 Å². The number of ether oxygens (including phenoxy) is 2. The Morgan fingerprint density at radius 2 is 1.81 bits per heavy atom. The molecule has 10 heteroatoms. The third-order valence-corrected chi connectivity index (χ3v) is 5.02. The molecule has 1 N–H and O–H groups in total. The molecule has 0 unspecified atom stereocenters. The number of nitrogens with zero attached hydrogens (tertiary/aromatic N) is 2. The van der Waals surface area contributed by atoms with E-state index in [0.717, 1.165) is 0 Å². The van der Waals surface area contributed by atoms with Gasteiger partial charge in [-0.3, -0.25) is 0 Å². The van der Waals surface area contributed by atoms with Crippen molar-refractivity contribution in [2.24, 2.45) is 0 Å². The number of rotatable bonds is 5. The van der Waals surface area contributed by atoms with E-state index in [2.05, 4.69) is 14.9 Å². The molecule has 0 saturated carbocycles. The van der Waals surface area contributed by atoms with Crippen molar-refractivity contribution in [3.63, 3.8) is 0 Å². The first-order valence-corrected chi connectivity index (χ1v) is 8.97. The summed E-state index contributed by atoms with van der Waals surface area (Å²) in [5.41, 5.74) is 0.531. The first-order chi connectivity index (χ1) is 12.5. The van der Waals surface area contributed by atoms with E-state index in [4.69, 9.17) is 13.9 Å². The molecule has 134 valence electrons. The van der Waals surface area contributed by atoms with E-state index >= 15 is 0 Å². The van der Waals surface area contributed by atoms with Gasteiger partial charge in [0.15, 0.2) is 11.5 Å². The maximum Gasteiger partial charge on any atom is 0.247 e. The summed E-state index contributed by atoms with van der Waals surface area (Å²) in [4.78, 5) is 0.0278. The molecule has 2 aromatic carbocycles. The molecule has 0 atom stereocenters. The Hall–Kier alpha value is -2.98. The zero-order valence-corrected chi connectivity index (χ0v) is 14.0. The molecule has 0 saturated heterocycles. The summed E-state index contributed by atoms with van der Waals surface area (Å²) in [6.07, 6.45) is 0. The summed E-state index contributed by atoms with van der Waals surface area (Å²) in [5.74, 6) is 0.718. The summed E-state index contributed by atoms with van der Waals surface area (Å²) in [7, 11) is -3.80. The molecule has 0 bridgehead atoms. The molecule has 0 amide bonds. The van der Waals surface area contributed by atoms with Crippen molar-refractivity contribution in [2.75, 3.05) is 6.79 Å². The number of aromatic nitrogens is 2. The van der Waals surface area contributed by atoms with Crippen LogP contribution in [0.1, 0.15) is 5.89 Å². The Morgan fingerprint density at radius 3 is 2.62 bits per heavy atom. The van der Waals surface area contributed by atoms with Gasteiger partial charge in [0.25, 0.3) is 0 Å². The molecule has 3 aromatic rings. The van der Waals surface area contributed by atoms with Crippen molar-refractivity contribution in [2.45, 2.75) is 11.4 Å². The van der Waals surface area contributed by atoms with Crippen LogP contribution >= 0.6 is 0 Å². The second-order valence-corrected chi connectivity index (χ2v) is 7.11. The van der Waals surface area contributed by atoms with Gasteiger partial charge >= 0.3 is 0 Å². The molecule has 2 heterocycles. The van der Waals surface area contributed by atoms with Crippen molar-refractivity contribution < 1.29 is 26.7 Å². The highest BCUT2D eigenvalue weighted by Gasteiger charge is 2.21. The van der Waals surface area contributed by atoms with Gasteiger partial charge in [0.05, 0.1) is 11.4 Å². The fourth-order valence-electron chi connectivity index (χ4n) is 2.32. The predicted octanol–water partition coefficient (Wildman–Crippen LogP) is 2.08. The van der Waals surface area contributed by atoms with E-state index in [1.165, 1.54) is 42.5 Å². The summed E-state index contributed by atoms with van der Waals surface area (Å²) < 4.78 is 55.8. The van der Waals surface area contributed by atoms with Gasteiger partial charge in [-0.2, -0.15) is 0 Å². The van der Waals surface area contributed by atoms with Gasteiger partial charge in [0.2, 0.25) is 28.6 Å². The summed E-state index contributed by atoms with van der Waals surface area (Å²) in [6, 6.07) is 9.82. The number of benzene rings is 2. The molecular weight excluding hydrogens is 365 g/mol. The number of fused-ring (bicyclic) bond motifs is 1. The average Bonchev–Trinajstić information content (AvgIpc) is 3.29. The van der Waals surface area contributed by atoms with Gasteiger partial charge in [-0.15, -0.1) is 10.2 Å². The van der Waals surface area contributed by atoms with E-state index in [9.17, 15) is 12.8 Å². The van der Waals surface area contributed by atoms with E-state index in [-0.39, 0.29) is 35.8 Å². The van der Waals surface area contributed by atoms with Crippen LogP contribution in [0, 0.1) is 5.82 Å². The van der Waals surface area contributed by atoms with Gasteiger partial charge in [-0.25, -0.2) is 17.5 Å². The van der Waals surface area contributed by atoms with Crippen molar-refractivity contribution in [3.05, 3.63) is 54.2 Å². The Balaban J connectivity index is 1.47. The second-order valence-electron chi connectivity index (χ2n) is 5.35. The van der Waals surface area contributed by atoms with Crippen LogP contribution in [-0.2, 0) is 16.6 Å². The molecular formula is C16H12FN3O5S. The quantitative estimate of drug-likeness (QED) is 0.726. The van der Waals surface area contributed by atoms with Crippen molar-refractivity contribution in [1.82, 2.24) is 14.9 Å². The Labute approximate surface area is 147 Å². The summed E-state index contributed by atoms with van der Waals surface area (Å²) in [6.45, 7) is -0.134. The molecule has 8 nitrogen and oxygen atoms in total. The van der Waals surface area contributed by atoms with Crippen LogP contribution in [0.5, 0.6) is 11.5 Å². The Morgan fingerprint density at radius 1 is 1.04 bits per heavy atom. The first-order valence-electron chi connectivity index (χ1n) is 7.49. The van der Waals surface area contributed by atoms with Crippen molar-refractivity contribution >= 4 is 10.0 Å². The van der Waals surface area contributed by atoms with Gasteiger partial charge in [-0.1, -0.05) is 0 Å². The maximum absolute atomic E-state index is 12.9. The van der Waals surface area contributed by atoms with Crippen LogP contribution in [0.15, 0.2) is 51.8 Å². The number of hydrogen-bond acceptors (Lipinski definition) is 7. The Bertz CT molecular complexity index is 1050. The van der Waals surface area contributed by atoms with E-state index < -0.39 is 10.0 Å². The highest BCUT2D eigenvalue weighted by Crippen LogP contribution is 2.33. The molecule has 0 spiro atoms. The van der Waals surface area contributed by atoms with Crippen molar-refractivity contribution in [3.8, 4) is 23.0 Å². The predicted molar refractivity (Wildman–Crippen MR) is 86.3 cm³/mol. The lowest BCUT2D eigenvalue weighted by Crippen LogP contribution is -2.23. The SMILES string of the molecule is O=S(=O)(NCc1nnc(-c2ccc(F)cc2)o1)c1ccc2c(c1)OCO2. The normalized spacial score (nSPS) is 13.1. The smallest absolute Gasteiger partial charge is 0.247 e. The van der Waals surface area contributed by atoms with E-state index in [0.29, 0.717) is 17.1 Å². The third-order valence-electron chi connectivity index (χ3n) is 3.63. The van der Waals surface area contributed by atoms with Crippen LogP contribution in [0.3, 0.4) is 0 Å². The highest BCUT2D eigenvalue weighted by atomic mass is 32.2. The average molecular weight is 377 g/mol. The maximum atomic E-state index is 12.9. The number of halogens is 1. The number of nitrogens with one attached hydrogen (secondary N) is 1. The molecule has 0 aliphatic carbocycles. The van der Waals surface area contributed by atoms with Crippen LogP contribution in [0.4, 0.5) is 4.39 Å². The molecule has 0 radical (unpaired) electrons. The monoisotopic (exact) mass is 377 g/mol.